The van der Waals surface area contributed by atoms with E-state index >= 15 is 0 Å². The molecule has 290 valence electrons. The number of aliphatic hydroxyl groups excluding tert-OH is 2. The van der Waals surface area contributed by atoms with Crippen LogP contribution in [0.4, 0.5) is 0 Å². The molecule has 0 rings (SSSR count). The zero-order valence-electron chi connectivity index (χ0n) is 37.1. The average Bonchev–Trinajstić information content (AvgIpc) is 3.00. The third kappa shape index (κ3) is 21.0. The van der Waals surface area contributed by atoms with E-state index in [-0.39, 0.29) is 23.0 Å². The number of hydrogen-bond acceptors (Lipinski definition) is 2. The lowest BCUT2D eigenvalue weighted by Gasteiger charge is -2.38. The first-order valence-electron chi connectivity index (χ1n) is 20.8. The number of aliphatic hydroxyl groups is 2. The van der Waals surface area contributed by atoms with E-state index in [1.807, 2.05) is 13.8 Å². The predicted molar refractivity (Wildman–Crippen MR) is 218 cm³/mol. The Morgan fingerprint density at radius 3 is 0.766 bits per heavy atom. The van der Waals surface area contributed by atoms with E-state index in [1.54, 1.807) is 0 Å². The van der Waals surface area contributed by atoms with E-state index in [0.29, 0.717) is 22.7 Å². The number of hydrogen-bond donors (Lipinski definition) is 2. The molecule has 0 unspecified atom stereocenters. The summed E-state index contributed by atoms with van der Waals surface area (Å²) in [5.74, 6) is 3.57. The maximum atomic E-state index is 9.67. The molecule has 2 N–H and O–H groups in total. The summed E-state index contributed by atoms with van der Waals surface area (Å²) in [6.45, 7) is 47.2. The van der Waals surface area contributed by atoms with Gasteiger partial charge in [-0.25, -0.2) is 0 Å². The Bertz CT molecular complexity index is 576. The van der Waals surface area contributed by atoms with Crippen LogP contribution >= 0.6 is 0 Å². The lowest BCUT2D eigenvalue weighted by Crippen LogP contribution is -2.35. The van der Waals surface area contributed by atoms with Gasteiger partial charge in [-0.15, -0.1) is 0 Å². The minimum Gasteiger partial charge on any atom is -0.393 e. The van der Waals surface area contributed by atoms with Gasteiger partial charge in [-0.05, 0) is 90.8 Å². The molecule has 0 aromatic rings. The molecule has 0 amide bonds. The van der Waals surface area contributed by atoms with Crippen LogP contribution in [0.1, 0.15) is 229 Å². The van der Waals surface area contributed by atoms with Gasteiger partial charge in [0.25, 0.3) is 0 Å². The summed E-state index contributed by atoms with van der Waals surface area (Å²) >= 11 is 0. The second kappa shape index (κ2) is 27.6. The molecule has 0 saturated heterocycles. The lowest BCUT2D eigenvalue weighted by atomic mass is 9.67. The summed E-state index contributed by atoms with van der Waals surface area (Å²) in [6, 6.07) is 0. The summed E-state index contributed by atoms with van der Waals surface area (Å²) in [4.78, 5) is 0. The van der Waals surface area contributed by atoms with Gasteiger partial charge in [-0.3, -0.25) is 0 Å². The van der Waals surface area contributed by atoms with Gasteiger partial charge in [0.15, 0.2) is 0 Å². The first-order valence-corrected chi connectivity index (χ1v) is 20.8. The molecule has 47 heavy (non-hydrogen) atoms. The van der Waals surface area contributed by atoms with Crippen LogP contribution in [0.15, 0.2) is 0 Å². The molecule has 5 atom stereocenters. The Labute approximate surface area is 301 Å². The highest BCUT2D eigenvalue weighted by Crippen LogP contribution is 2.40. The number of unbranched alkanes of at least 4 members (excludes halogenated alkanes) is 4. The summed E-state index contributed by atoms with van der Waals surface area (Å²) in [5, 5.41) is 19.3. The quantitative estimate of drug-likeness (QED) is 0.135. The van der Waals surface area contributed by atoms with Crippen LogP contribution in [0.2, 0.25) is 0 Å². The van der Waals surface area contributed by atoms with Crippen molar-refractivity contribution in [1.29, 1.82) is 0 Å². The van der Waals surface area contributed by atoms with Gasteiger partial charge in [0.2, 0.25) is 0 Å². The molecule has 0 aliphatic heterocycles. The van der Waals surface area contributed by atoms with Gasteiger partial charge in [-0.2, -0.15) is 0 Å². The minimum atomic E-state index is -0.191. The van der Waals surface area contributed by atoms with Crippen LogP contribution in [-0.4, -0.2) is 22.4 Å². The molecular formula is C45H98O2. The van der Waals surface area contributed by atoms with Crippen molar-refractivity contribution in [1.82, 2.24) is 0 Å². The third-order valence-electron chi connectivity index (χ3n) is 13.7. The molecule has 0 aromatic heterocycles. The van der Waals surface area contributed by atoms with Crippen molar-refractivity contribution in [3.8, 4) is 0 Å². The zero-order chi connectivity index (χ0) is 38.2. The van der Waals surface area contributed by atoms with Crippen molar-refractivity contribution in [2.45, 2.75) is 241 Å². The van der Waals surface area contributed by atoms with Gasteiger partial charge < -0.3 is 10.2 Å². The van der Waals surface area contributed by atoms with Gasteiger partial charge in [-0.1, -0.05) is 189 Å². The highest BCUT2D eigenvalue weighted by molar-refractivity contribution is 4.83. The van der Waals surface area contributed by atoms with Gasteiger partial charge in [0, 0.05) is 0 Å². The van der Waals surface area contributed by atoms with Crippen molar-refractivity contribution in [2.24, 2.45) is 51.2 Å². The maximum absolute atomic E-state index is 9.67. The fourth-order valence-corrected chi connectivity index (χ4v) is 6.33. The fourth-order valence-electron chi connectivity index (χ4n) is 6.33. The standard InChI is InChI=1S/C12H26.2C11H24O.C11H24/c1-7-8-9-12(6,10(2)3)11(4)5;2*1-6-7-8-11(5,9(2)3)10(4)12;1-6-8-9-11(5,7-2)10(3)4/h10-11H,7-9H2,1-6H3;2*9-10,12H,6-8H2,1-5H3;10H,6-9H2,1-5H3/t;10-,11+;10-,11-;11-/m.010/s1. The monoisotopic (exact) mass is 671 g/mol. The van der Waals surface area contributed by atoms with E-state index < -0.39 is 0 Å². The SMILES string of the molecule is CCCCC(C)(C(C)C)C(C)C.CCCC[C@](C)(C(C)C)[C@@H](C)O.CCCC[C@](C)(C(C)C)[C@H](C)O.CCCC[C@](C)(CC)C(C)C. The van der Waals surface area contributed by atoms with Crippen LogP contribution in [0.5, 0.6) is 0 Å². The van der Waals surface area contributed by atoms with E-state index in [2.05, 4.69) is 132 Å². The summed E-state index contributed by atoms with van der Waals surface area (Å²) in [5.41, 5.74) is 1.36. The Balaban J connectivity index is -0.000000262. The second-order valence-corrected chi connectivity index (χ2v) is 18.1. The highest BCUT2D eigenvalue weighted by atomic mass is 16.3. The Morgan fingerprint density at radius 1 is 0.362 bits per heavy atom. The van der Waals surface area contributed by atoms with E-state index in [1.165, 1.54) is 70.6 Å². The molecule has 0 heterocycles. The number of rotatable bonds is 20. The van der Waals surface area contributed by atoms with Crippen molar-refractivity contribution in [3.05, 3.63) is 0 Å². The largest absolute Gasteiger partial charge is 0.393 e. The molecule has 2 nitrogen and oxygen atoms in total. The average molecular weight is 671 g/mol. The van der Waals surface area contributed by atoms with Gasteiger partial charge in [0.05, 0.1) is 12.2 Å². The Hall–Kier alpha value is -0.0800. The molecule has 2 heteroatoms. The molecule has 0 aromatic carbocycles. The molecular weight excluding hydrogens is 572 g/mol. The first-order chi connectivity index (χ1) is 21.4. The minimum absolute atomic E-state index is 0.107. The maximum Gasteiger partial charge on any atom is 0.0568 e. The van der Waals surface area contributed by atoms with Gasteiger partial charge >= 0.3 is 0 Å². The topological polar surface area (TPSA) is 40.5 Å². The van der Waals surface area contributed by atoms with E-state index in [9.17, 15) is 10.2 Å². The van der Waals surface area contributed by atoms with Gasteiger partial charge in [0.1, 0.15) is 0 Å². The molecule has 0 saturated carbocycles. The van der Waals surface area contributed by atoms with Crippen LogP contribution < -0.4 is 0 Å². The zero-order valence-corrected chi connectivity index (χ0v) is 37.1. The predicted octanol–water partition coefficient (Wildman–Crippen LogP) is 15.2. The van der Waals surface area contributed by atoms with Crippen LogP contribution in [0.3, 0.4) is 0 Å². The first kappa shape index (κ1) is 53.7. The van der Waals surface area contributed by atoms with Crippen LogP contribution in [-0.2, 0) is 0 Å². The van der Waals surface area contributed by atoms with Crippen molar-refractivity contribution < 1.29 is 10.2 Å². The molecule has 0 aliphatic rings. The third-order valence-corrected chi connectivity index (χ3v) is 13.7. The second-order valence-electron chi connectivity index (χ2n) is 18.1. The van der Waals surface area contributed by atoms with E-state index in [4.69, 9.17) is 0 Å². The van der Waals surface area contributed by atoms with E-state index in [0.717, 1.165) is 30.6 Å². The van der Waals surface area contributed by atoms with Crippen LogP contribution in [0.25, 0.3) is 0 Å². The summed E-state index contributed by atoms with van der Waals surface area (Å²) < 4.78 is 0. The molecule has 0 radical (unpaired) electrons. The molecule has 0 bridgehead atoms. The summed E-state index contributed by atoms with van der Waals surface area (Å²) in [6.07, 6.45) is 16.3. The Morgan fingerprint density at radius 2 is 0.596 bits per heavy atom. The molecule has 0 spiro atoms. The van der Waals surface area contributed by atoms with Crippen molar-refractivity contribution in [3.63, 3.8) is 0 Å². The highest BCUT2D eigenvalue weighted by Gasteiger charge is 2.33. The molecule has 0 aliphatic carbocycles. The van der Waals surface area contributed by atoms with Crippen molar-refractivity contribution >= 4 is 0 Å². The van der Waals surface area contributed by atoms with Crippen molar-refractivity contribution in [2.75, 3.05) is 0 Å². The smallest absolute Gasteiger partial charge is 0.0568 e. The van der Waals surface area contributed by atoms with Crippen LogP contribution in [0, 0.1) is 51.2 Å². The summed E-state index contributed by atoms with van der Waals surface area (Å²) in [7, 11) is 0. The molecule has 0 fully saturated rings. The lowest BCUT2D eigenvalue weighted by molar-refractivity contribution is 0.00806. The normalized spacial score (nSPS) is 17.1. The fraction of sp³-hybridized carbons (Fsp3) is 1.00. The Kier molecular flexibility index (Phi) is 31.6.